The molecule has 0 heterocycles. The van der Waals surface area contributed by atoms with Gasteiger partial charge in [0.15, 0.2) is 0 Å². The maximum atomic E-state index is 12.4. The molecule has 0 saturated heterocycles. The molecule has 0 radical (unpaired) electrons. The fraction of sp³-hybridized carbons (Fsp3) is 0.889. The predicted molar refractivity (Wildman–Crippen MR) is 222 cm³/mol. The summed E-state index contributed by atoms with van der Waals surface area (Å²) in [5.74, 6) is 0. The van der Waals surface area contributed by atoms with Crippen molar-refractivity contribution in [3.63, 3.8) is 0 Å². The Morgan fingerprint density at radius 2 is 0.824 bits per heavy atom. The lowest BCUT2D eigenvalue weighted by Gasteiger charge is -2.19. The number of allylic oxidation sites excluding steroid dienone is 4. The molecule has 6 heteroatoms. The molecule has 0 atom stereocenters. The lowest BCUT2D eigenvalue weighted by Crippen LogP contribution is -2.42. The van der Waals surface area contributed by atoms with E-state index in [-0.39, 0.29) is 12.1 Å². The third kappa shape index (κ3) is 42.9. The highest BCUT2D eigenvalue weighted by Gasteiger charge is 2.14. The Morgan fingerprint density at radius 1 is 0.451 bits per heavy atom. The molecule has 1 amide bonds. The second-order valence-electron chi connectivity index (χ2n) is 14.8. The molecular formula is C45H88N2O4. The zero-order valence-corrected chi connectivity index (χ0v) is 34.5. The number of amides is 1. The molecule has 0 aromatic heterocycles. The maximum Gasteiger partial charge on any atom is 0.407 e. The van der Waals surface area contributed by atoms with Crippen LogP contribution in [0.2, 0.25) is 0 Å². The average molecular weight is 721 g/mol. The monoisotopic (exact) mass is 721 g/mol. The van der Waals surface area contributed by atoms with E-state index in [0.717, 1.165) is 39.0 Å². The largest absolute Gasteiger partial charge is 0.448 e. The van der Waals surface area contributed by atoms with Gasteiger partial charge in [0.2, 0.25) is 0 Å². The van der Waals surface area contributed by atoms with Crippen LogP contribution in [-0.4, -0.2) is 58.3 Å². The molecule has 0 fully saturated rings. The number of carbonyl (C=O) groups is 1. The topological polar surface area (TPSA) is 68.8 Å². The van der Waals surface area contributed by atoms with E-state index in [9.17, 15) is 4.79 Å². The molecule has 0 aliphatic carbocycles. The van der Waals surface area contributed by atoms with Gasteiger partial charge in [-0.05, 0) is 77.2 Å². The first-order valence-electron chi connectivity index (χ1n) is 22.3. The minimum Gasteiger partial charge on any atom is -0.448 e. The van der Waals surface area contributed by atoms with Gasteiger partial charge in [0.1, 0.15) is 6.61 Å². The molecule has 0 aliphatic heterocycles. The van der Waals surface area contributed by atoms with Crippen molar-refractivity contribution in [2.45, 2.75) is 213 Å². The standard InChI is InChI=1S/C45H88N2O4/c1-4-7-9-11-13-15-17-19-21-23-25-27-29-31-33-35-39-49-42-44(47-45(48)51-41-38-46-37-6-3)43-50-40-36-34-32-30-28-26-24-22-20-18-16-14-12-10-8-5-2/h19-22,44,46H,4-18,23-43H2,1-3H3,(H,47,48). The normalized spacial score (nSPS) is 12.4. The van der Waals surface area contributed by atoms with Gasteiger partial charge in [-0.25, -0.2) is 4.79 Å². The van der Waals surface area contributed by atoms with Crippen molar-refractivity contribution in [1.82, 2.24) is 10.6 Å². The molecule has 0 aliphatic rings. The highest BCUT2D eigenvalue weighted by molar-refractivity contribution is 5.67. The summed E-state index contributed by atoms with van der Waals surface area (Å²) in [6.07, 6.45) is 46.7. The molecular weight excluding hydrogens is 633 g/mol. The van der Waals surface area contributed by atoms with Crippen molar-refractivity contribution >= 4 is 6.09 Å². The van der Waals surface area contributed by atoms with Gasteiger partial charge in [-0.15, -0.1) is 0 Å². The highest BCUT2D eigenvalue weighted by Crippen LogP contribution is 2.12. The number of hydrogen-bond acceptors (Lipinski definition) is 5. The number of unbranched alkanes of at least 4 members (excludes halogenated alkanes) is 24. The fourth-order valence-electron chi connectivity index (χ4n) is 6.21. The van der Waals surface area contributed by atoms with Crippen molar-refractivity contribution in [2.24, 2.45) is 0 Å². The van der Waals surface area contributed by atoms with E-state index >= 15 is 0 Å². The molecule has 0 saturated carbocycles. The first-order valence-corrected chi connectivity index (χ1v) is 22.3. The van der Waals surface area contributed by atoms with E-state index in [0.29, 0.717) is 26.4 Å². The number of hydrogen-bond donors (Lipinski definition) is 2. The van der Waals surface area contributed by atoms with Crippen molar-refractivity contribution in [2.75, 3.05) is 46.1 Å². The van der Waals surface area contributed by atoms with Crippen LogP contribution in [-0.2, 0) is 14.2 Å². The van der Waals surface area contributed by atoms with Crippen molar-refractivity contribution in [3.8, 4) is 0 Å². The van der Waals surface area contributed by atoms with Crippen LogP contribution < -0.4 is 10.6 Å². The zero-order valence-electron chi connectivity index (χ0n) is 34.5. The average Bonchev–Trinajstić information content (AvgIpc) is 3.13. The lowest BCUT2D eigenvalue weighted by molar-refractivity contribution is 0.0493. The number of alkyl carbamates (subject to hydrolysis) is 1. The van der Waals surface area contributed by atoms with Crippen molar-refractivity contribution < 1.29 is 19.0 Å². The Balaban J connectivity index is 3.93. The van der Waals surface area contributed by atoms with E-state index < -0.39 is 0 Å². The Kier molecular flexibility index (Phi) is 43.6. The molecule has 51 heavy (non-hydrogen) atoms. The lowest BCUT2D eigenvalue weighted by atomic mass is 10.1. The van der Waals surface area contributed by atoms with Gasteiger partial charge >= 0.3 is 6.09 Å². The summed E-state index contributed by atoms with van der Waals surface area (Å²) in [5, 5.41) is 6.23. The Bertz CT molecular complexity index is 683. The van der Waals surface area contributed by atoms with Gasteiger partial charge in [0.25, 0.3) is 0 Å². The summed E-state index contributed by atoms with van der Waals surface area (Å²) < 4.78 is 17.3. The smallest absolute Gasteiger partial charge is 0.407 e. The Labute approximate surface area is 318 Å². The number of nitrogens with one attached hydrogen (secondary N) is 2. The molecule has 0 rings (SSSR count). The minimum atomic E-state index is -0.389. The van der Waals surface area contributed by atoms with Crippen LogP contribution in [0.1, 0.15) is 207 Å². The summed E-state index contributed by atoms with van der Waals surface area (Å²) in [6.45, 7) is 11.0. The SMILES string of the molecule is CCCCCCCCC=CCCCCCCCCOCC(COCCCCCCCCC=CCCCCCCCC)NC(=O)OCCNCCC. The molecule has 302 valence electrons. The minimum absolute atomic E-state index is 0.190. The summed E-state index contributed by atoms with van der Waals surface area (Å²) in [4.78, 5) is 12.4. The van der Waals surface area contributed by atoms with Gasteiger partial charge in [0, 0.05) is 19.8 Å². The van der Waals surface area contributed by atoms with Gasteiger partial charge in [-0.3, -0.25) is 0 Å². The third-order valence-corrected chi connectivity index (χ3v) is 9.50. The van der Waals surface area contributed by atoms with Crippen LogP contribution in [0.4, 0.5) is 4.79 Å². The van der Waals surface area contributed by atoms with E-state index in [1.54, 1.807) is 0 Å². The summed E-state index contributed by atoms with van der Waals surface area (Å²) in [6, 6.07) is -0.190. The summed E-state index contributed by atoms with van der Waals surface area (Å²) >= 11 is 0. The van der Waals surface area contributed by atoms with Crippen LogP contribution in [0.5, 0.6) is 0 Å². The third-order valence-electron chi connectivity index (χ3n) is 9.50. The van der Waals surface area contributed by atoms with E-state index in [4.69, 9.17) is 14.2 Å². The number of rotatable bonds is 42. The van der Waals surface area contributed by atoms with E-state index in [1.807, 2.05) is 0 Å². The maximum absolute atomic E-state index is 12.4. The van der Waals surface area contributed by atoms with Gasteiger partial charge in [-0.1, -0.05) is 161 Å². The van der Waals surface area contributed by atoms with E-state index in [1.165, 1.54) is 167 Å². The summed E-state index contributed by atoms with van der Waals surface area (Å²) in [5.41, 5.74) is 0. The first kappa shape index (κ1) is 49.6. The van der Waals surface area contributed by atoms with Crippen molar-refractivity contribution in [1.29, 1.82) is 0 Å². The second-order valence-corrected chi connectivity index (χ2v) is 14.8. The molecule has 0 spiro atoms. The molecule has 0 aromatic rings. The first-order chi connectivity index (χ1) is 25.2. The molecule has 6 nitrogen and oxygen atoms in total. The van der Waals surface area contributed by atoms with Crippen LogP contribution >= 0.6 is 0 Å². The number of ether oxygens (including phenoxy) is 3. The Hall–Kier alpha value is -1.37. The van der Waals surface area contributed by atoms with Crippen LogP contribution in [0.25, 0.3) is 0 Å². The van der Waals surface area contributed by atoms with Crippen LogP contribution in [0.3, 0.4) is 0 Å². The number of carbonyl (C=O) groups excluding carboxylic acids is 1. The van der Waals surface area contributed by atoms with E-state index in [2.05, 4.69) is 55.7 Å². The van der Waals surface area contributed by atoms with Gasteiger partial charge in [-0.2, -0.15) is 0 Å². The highest BCUT2D eigenvalue weighted by atomic mass is 16.6. The molecule has 0 aromatic carbocycles. The van der Waals surface area contributed by atoms with Gasteiger partial charge < -0.3 is 24.8 Å². The fourth-order valence-corrected chi connectivity index (χ4v) is 6.21. The van der Waals surface area contributed by atoms with Crippen molar-refractivity contribution in [3.05, 3.63) is 24.3 Å². The Morgan fingerprint density at radius 3 is 1.22 bits per heavy atom. The van der Waals surface area contributed by atoms with Crippen LogP contribution in [0, 0.1) is 0 Å². The van der Waals surface area contributed by atoms with Gasteiger partial charge in [0.05, 0.1) is 19.3 Å². The quantitative estimate of drug-likeness (QED) is 0.0485. The molecule has 0 bridgehead atoms. The molecule has 0 unspecified atom stereocenters. The van der Waals surface area contributed by atoms with Crippen LogP contribution in [0.15, 0.2) is 24.3 Å². The zero-order chi connectivity index (χ0) is 37.0. The summed E-state index contributed by atoms with van der Waals surface area (Å²) in [7, 11) is 0. The molecule has 2 N–H and O–H groups in total. The predicted octanol–water partition coefficient (Wildman–Crippen LogP) is 13.2. The second kappa shape index (κ2) is 44.8.